The van der Waals surface area contributed by atoms with Crippen molar-refractivity contribution in [3.63, 3.8) is 0 Å². The number of methoxy groups -OCH3 is 1. The summed E-state index contributed by atoms with van der Waals surface area (Å²) in [5.41, 5.74) is 4.70. The predicted octanol–water partition coefficient (Wildman–Crippen LogP) is 6.23. The lowest BCUT2D eigenvalue weighted by Crippen LogP contribution is -2.02. The van der Waals surface area contributed by atoms with Gasteiger partial charge in [-0.3, -0.25) is 0 Å². The van der Waals surface area contributed by atoms with Crippen molar-refractivity contribution in [2.75, 3.05) is 7.11 Å². The summed E-state index contributed by atoms with van der Waals surface area (Å²) in [6.07, 6.45) is 4.09. The lowest BCUT2D eigenvalue weighted by Gasteiger charge is -2.22. The number of ether oxygens (including phenoxy) is 1. The van der Waals surface area contributed by atoms with Gasteiger partial charge in [0.25, 0.3) is 0 Å². The van der Waals surface area contributed by atoms with E-state index in [1.807, 2.05) is 36.4 Å². The fraction of sp³-hybridized carbons (Fsp3) is 0.158. The van der Waals surface area contributed by atoms with Crippen LogP contribution in [0.4, 0.5) is 0 Å². The van der Waals surface area contributed by atoms with Crippen LogP contribution in [0, 0.1) is 0 Å². The summed E-state index contributed by atoms with van der Waals surface area (Å²) in [7, 11) is 1.71. The third kappa shape index (κ3) is 3.06. The maximum absolute atomic E-state index is 6.02. The van der Waals surface area contributed by atoms with Gasteiger partial charge in [0.2, 0.25) is 0 Å². The molecular formula is C19H16Cl2O. The van der Waals surface area contributed by atoms with E-state index in [1.165, 1.54) is 11.1 Å². The molecule has 0 aromatic heterocycles. The van der Waals surface area contributed by atoms with Crippen LogP contribution in [0.5, 0.6) is 0 Å². The van der Waals surface area contributed by atoms with Gasteiger partial charge in [0, 0.05) is 15.6 Å². The molecule has 1 aliphatic carbocycles. The van der Waals surface area contributed by atoms with Gasteiger partial charge < -0.3 is 4.74 Å². The molecule has 1 nitrogen and oxygen atoms in total. The highest BCUT2D eigenvalue weighted by Crippen LogP contribution is 2.39. The van der Waals surface area contributed by atoms with Crippen LogP contribution in [0.1, 0.15) is 24.0 Å². The molecule has 0 fully saturated rings. The summed E-state index contributed by atoms with van der Waals surface area (Å²) in [6.45, 7) is 0. The molecule has 3 rings (SSSR count). The quantitative estimate of drug-likeness (QED) is 0.648. The van der Waals surface area contributed by atoms with E-state index in [4.69, 9.17) is 27.9 Å². The monoisotopic (exact) mass is 330 g/mol. The van der Waals surface area contributed by atoms with Crippen molar-refractivity contribution in [1.29, 1.82) is 0 Å². The maximum atomic E-state index is 6.02. The van der Waals surface area contributed by atoms with Gasteiger partial charge in [-0.25, -0.2) is 0 Å². The highest BCUT2D eigenvalue weighted by Gasteiger charge is 2.19. The van der Waals surface area contributed by atoms with E-state index in [-0.39, 0.29) is 0 Å². The maximum Gasteiger partial charge on any atom is 0.123 e. The van der Waals surface area contributed by atoms with Crippen LogP contribution in [0.3, 0.4) is 0 Å². The highest BCUT2D eigenvalue weighted by molar-refractivity contribution is 6.31. The lowest BCUT2D eigenvalue weighted by atomic mass is 9.87. The summed E-state index contributed by atoms with van der Waals surface area (Å²) in [4.78, 5) is 0. The lowest BCUT2D eigenvalue weighted by molar-refractivity contribution is 0.308. The molecule has 2 aromatic rings. The SMILES string of the molecule is COC1=CCCC(c2ccc(Cl)cc2)=C1c1ccc(Cl)cc1. The standard InChI is InChI=1S/C19H16Cl2O/c1-22-18-4-2-3-17(13-5-9-15(20)10-6-13)19(18)14-7-11-16(21)12-8-14/h4-12H,2-3H2,1H3. The van der Waals surface area contributed by atoms with Crippen molar-refractivity contribution in [3.8, 4) is 0 Å². The number of allylic oxidation sites excluding steroid dienone is 3. The van der Waals surface area contributed by atoms with Gasteiger partial charge >= 0.3 is 0 Å². The number of hydrogen-bond donors (Lipinski definition) is 0. The Morgan fingerprint density at radius 1 is 0.818 bits per heavy atom. The summed E-state index contributed by atoms with van der Waals surface area (Å²) in [5.74, 6) is 0.915. The fourth-order valence-corrected chi connectivity index (χ4v) is 3.03. The largest absolute Gasteiger partial charge is 0.496 e. The molecule has 2 aromatic carbocycles. The van der Waals surface area contributed by atoms with Crippen molar-refractivity contribution >= 4 is 34.3 Å². The Hall–Kier alpha value is -1.70. The first kappa shape index (κ1) is 15.2. The minimum Gasteiger partial charge on any atom is -0.496 e. The van der Waals surface area contributed by atoms with Crippen LogP contribution >= 0.6 is 23.2 Å². The molecule has 0 aliphatic heterocycles. The molecule has 0 saturated carbocycles. The van der Waals surface area contributed by atoms with E-state index in [1.54, 1.807) is 7.11 Å². The van der Waals surface area contributed by atoms with Gasteiger partial charge in [0.1, 0.15) is 5.76 Å². The normalized spacial score (nSPS) is 14.8. The average molecular weight is 331 g/mol. The van der Waals surface area contributed by atoms with E-state index >= 15 is 0 Å². The fourth-order valence-electron chi connectivity index (χ4n) is 2.78. The summed E-state index contributed by atoms with van der Waals surface area (Å²) >= 11 is 12.0. The van der Waals surface area contributed by atoms with Crippen LogP contribution in [-0.2, 0) is 4.74 Å². The van der Waals surface area contributed by atoms with E-state index in [0.717, 1.165) is 39.8 Å². The summed E-state index contributed by atoms with van der Waals surface area (Å²) in [6, 6.07) is 15.9. The third-order valence-electron chi connectivity index (χ3n) is 3.82. The molecule has 0 spiro atoms. The Morgan fingerprint density at radius 2 is 1.36 bits per heavy atom. The molecule has 0 radical (unpaired) electrons. The van der Waals surface area contributed by atoms with Gasteiger partial charge in [-0.2, -0.15) is 0 Å². The second-order valence-electron chi connectivity index (χ2n) is 5.18. The van der Waals surface area contributed by atoms with Crippen LogP contribution in [0.15, 0.2) is 60.4 Å². The minimum absolute atomic E-state index is 0.733. The molecule has 0 atom stereocenters. The topological polar surface area (TPSA) is 9.23 Å². The van der Waals surface area contributed by atoms with Crippen molar-refractivity contribution < 1.29 is 4.74 Å². The van der Waals surface area contributed by atoms with Crippen molar-refractivity contribution in [2.45, 2.75) is 12.8 Å². The number of benzene rings is 2. The second kappa shape index (κ2) is 6.60. The molecule has 0 amide bonds. The van der Waals surface area contributed by atoms with Gasteiger partial charge in [-0.15, -0.1) is 0 Å². The first-order chi connectivity index (χ1) is 10.7. The zero-order valence-corrected chi connectivity index (χ0v) is 13.8. The molecule has 0 N–H and O–H groups in total. The molecule has 22 heavy (non-hydrogen) atoms. The first-order valence-electron chi connectivity index (χ1n) is 7.18. The molecule has 1 aliphatic rings. The Labute approximate surface area is 140 Å². The average Bonchev–Trinajstić information content (AvgIpc) is 2.56. The predicted molar refractivity (Wildman–Crippen MR) is 94.0 cm³/mol. The molecule has 3 heteroatoms. The Balaban J connectivity index is 2.17. The minimum atomic E-state index is 0.733. The van der Waals surface area contributed by atoms with Crippen LogP contribution < -0.4 is 0 Å². The van der Waals surface area contributed by atoms with Crippen molar-refractivity contribution in [3.05, 3.63) is 81.5 Å². The van der Waals surface area contributed by atoms with E-state index < -0.39 is 0 Å². The summed E-state index contributed by atoms with van der Waals surface area (Å²) < 4.78 is 5.61. The molecule has 0 saturated heterocycles. The summed E-state index contributed by atoms with van der Waals surface area (Å²) in [5, 5.41) is 1.48. The van der Waals surface area contributed by atoms with Crippen LogP contribution in [0.25, 0.3) is 11.1 Å². The van der Waals surface area contributed by atoms with Crippen molar-refractivity contribution in [1.82, 2.24) is 0 Å². The number of halogens is 2. The molecule has 0 heterocycles. The van der Waals surface area contributed by atoms with Crippen LogP contribution in [-0.4, -0.2) is 7.11 Å². The highest BCUT2D eigenvalue weighted by atomic mass is 35.5. The zero-order valence-electron chi connectivity index (χ0n) is 12.3. The van der Waals surface area contributed by atoms with E-state index in [9.17, 15) is 0 Å². The second-order valence-corrected chi connectivity index (χ2v) is 6.05. The molecule has 0 bridgehead atoms. The zero-order chi connectivity index (χ0) is 15.5. The van der Waals surface area contributed by atoms with Gasteiger partial charge in [-0.05, 0) is 59.9 Å². The smallest absolute Gasteiger partial charge is 0.123 e. The Bertz CT molecular complexity index is 725. The molecule has 0 unspecified atom stereocenters. The van der Waals surface area contributed by atoms with Gasteiger partial charge in [0.05, 0.1) is 7.11 Å². The molecule has 112 valence electrons. The number of rotatable bonds is 3. The molecular weight excluding hydrogens is 315 g/mol. The third-order valence-corrected chi connectivity index (χ3v) is 4.32. The van der Waals surface area contributed by atoms with Crippen molar-refractivity contribution in [2.24, 2.45) is 0 Å². The van der Waals surface area contributed by atoms with E-state index in [2.05, 4.69) is 18.2 Å². The first-order valence-corrected chi connectivity index (χ1v) is 7.94. The van der Waals surface area contributed by atoms with Crippen LogP contribution in [0.2, 0.25) is 10.0 Å². The number of hydrogen-bond acceptors (Lipinski definition) is 1. The Kier molecular flexibility index (Phi) is 4.56. The van der Waals surface area contributed by atoms with Gasteiger partial charge in [-0.1, -0.05) is 47.5 Å². The van der Waals surface area contributed by atoms with E-state index in [0.29, 0.717) is 0 Å². The Morgan fingerprint density at radius 3 is 1.91 bits per heavy atom. The van der Waals surface area contributed by atoms with Gasteiger partial charge in [0.15, 0.2) is 0 Å².